The molecule has 0 saturated carbocycles. The Kier molecular flexibility index (Phi) is 3.85. The lowest BCUT2D eigenvalue weighted by molar-refractivity contribution is 0.369. The molecule has 2 heterocycles. The van der Waals surface area contributed by atoms with Crippen molar-refractivity contribution in [1.29, 1.82) is 0 Å². The van der Waals surface area contributed by atoms with E-state index in [1.807, 2.05) is 24.3 Å². The monoisotopic (exact) mass is 285 g/mol. The van der Waals surface area contributed by atoms with Crippen molar-refractivity contribution < 1.29 is 4.52 Å². The highest BCUT2D eigenvalue weighted by molar-refractivity contribution is 5.77. The van der Waals surface area contributed by atoms with Gasteiger partial charge in [0, 0.05) is 18.9 Å². The summed E-state index contributed by atoms with van der Waals surface area (Å²) in [7, 11) is 0. The van der Waals surface area contributed by atoms with Gasteiger partial charge in [0.1, 0.15) is 0 Å². The van der Waals surface area contributed by atoms with Crippen LogP contribution < -0.4 is 5.32 Å². The number of aromatic amines is 1. The topological polar surface area (TPSA) is 79.6 Å². The molecule has 2 N–H and O–H groups in total. The molecule has 0 radical (unpaired) electrons. The first-order valence-corrected chi connectivity index (χ1v) is 7.23. The summed E-state index contributed by atoms with van der Waals surface area (Å²) in [6.07, 6.45) is 1.68. The number of hydrogen-bond acceptors (Lipinski definition) is 5. The summed E-state index contributed by atoms with van der Waals surface area (Å²) >= 11 is 0. The molecule has 2 aromatic heterocycles. The Labute approximate surface area is 123 Å². The van der Waals surface area contributed by atoms with Crippen LogP contribution in [-0.4, -0.2) is 26.7 Å². The number of nitrogens with zero attached hydrogens (tertiary/aromatic N) is 3. The van der Waals surface area contributed by atoms with Crippen LogP contribution in [0.3, 0.4) is 0 Å². The van der Waals surface area contributed by atoms with E-state index in [-0.39, 0.29) is 0 Å². The molecular weight excluding hydrogens is 266 g/mol. The first-order chi connectivity index (χ1) is 10.2. The molecule has 0 fully saturated rings. The zero-order chi connectivity index (χ0) is 14.7. The van der Waals surface area contributed by atoms with E-state index in [1.54, 1.807) is 0 Å². The third-order valence-corrected chi connectivity index (χ3v) is 3.25. The van der Waals surface area contributed by atoms with Gasteiger partial charge in [-0.3, -0.25) is 0 Å². The molecule has 0 aliphatic rings. The Morgan fingerprint density at radius 3 is 2.86 bits per heavy atom. The van der Waals surface area contributed by atoms with Crippen LogP contribution in [-0.2, 0) is 6.42 Å². The predicted molar refractivity (Wildman–Crippen MR) is 81.3 cm³/mol. The molecule has 0 bridgehead atoms. The van der Waals surface area contributed by atoms with Gasteiger partial charge in [0.25, 0.3) is 0 Å². The van der Waals surface area contributed by atoms with Crippen molar-refractivity contribution in [2.24, 2.45) is 0 Å². The molecule has 6 nitrogen and oxygen atoms in total. The van der Waals surface area contributed by atoms with Gasteiger partial charge in [-0.1, -0.05) is 31.1 Å². The molecule has 0 saturated heterocycles. The number of rotatable bonds is 6. The zero-order valence-corrected chi connectivity index (χ0v) is 12.3. The van der Waals surface area contributed by atoms with Crippen molar-refractivity contribution in [2.45, 2.75) is 32.6 Å². The van der Waals surface area contributed by atoms with Crippen molar-refractivity contribution in [1.82, 2.24) is 20.1 Å². The van der Waals surface area contributed by atoms with Gasteiger partial charge in [-0.2, -0.15) is 4.98 Å². The number of aromatic nitrogens is 4. The lowest BCUT2D eigenvalue weighted by Crippen LogP contribution is -2.04. The molecule has 0 atom stereocenters. The quantitative estimate of drug-likeness (QED) is 0.680. The summed E-state index contributed by atoms with van der Waals surface area (Å²) in [6.45, 7) is 4.91. The van der Waals surface area contributed by atoms with Crippen molar-refractivity contribution in [3.05, 3.63) is 36.0 Å². The van der Waals surface area contributed by atoms with Crippen LogP contribution in [0.5, 0.6) is 0 Å². The highest BCUT2D eigenvalue weighted by atomic mass is 16.5. The van der Waals surface area contributed by atoms with E-state index in [4.69, 9.17) is 4.52 Å². The largest absolute Gasteiger partial charge is 0.356 e. The maximum atomic E-state index is 5.21. The number of hydrogen-bond donors (Lipinski definition) is 2. The smallest absolute Gasteiger partial charge is 0.226 e. The number of imidazole rings is 1. The van der Waals surface area contributed by atoms with E-state index in [2.05, 4.69) is 39.3 Å². The van der Waals surface area contributed by atoms with Gasteiger partial charge in [0.15, 0.2) is 5.82 Å². The summed E-state index contributed by atoms with van der Waals surface area (Å²) in [4.78, 5) is 12.1. The minimum absolute atomic E-state index is 0.302. The second-order valence-corrected chi connectivity index (χ2v) is 5.33. The molecule has 6 heteroatoms. The molecule has 110 valence electrons. The van der Waals surface area contributed by atoms with Gasteiger partial charge in [-0.25, -0.2) is 4.98 Å². The molecular formula is C15H19N5O. The predicted octanol–water partition coefficient (Wildman–Crippen LogP) is 3.11. The first kappa shape index (κ1) is 13.6. The average molecular weight is 285 g/mol. The highest BCUT2D eigenvalue weighted by Crippen LogP contribution is 2.14. The number of aryl methyl sites for hydroxylation is 1. The Hall–Kier alpha value is -2.37. The standard InChI is InChI=1S/C15H19N5O/c1-10(2)14-19-13(21-20-14)8-5-9-16-15-17-11-6-3-4-7-12(11)18-15/h3-4,6-7,10H,5,8-9H2,1-2H3,(H2,16,17,18). The fourth-order valence-electron chi connectivity index (χ4n) is 2.09. The van der Waals surface area contributed by atoms with Crippen molar-refractivity contribution in [3.63, 3.8) is 0 Å². The normalized spacial score (nSPS) is 11.4. The fourth-order valence-corrected chi connectivity index (χ4v) is 2.09. The number of benzene rings is 1. The van der Waals surface area contributed by atoms with Crippen LogP contribution in [0.25, 0.3) is 11.0 Å². The van der Waals surface area contributed by atoms with Crippen LogP contribution in [0.15, 0.2) is 28.8 Å². The van der Waals surface area contributed by atoms with Crippen LogP contribution in [0.4, 0.5) is 5.95 Å². The number of fused-ring (bicyclic) bond motifs is 1. The molecule has 0 unspecified atom stereocenters. The first-order valence-electron chi connectivity index (χ1n) is 7.23. The van der Waals surface area contributed by atoms with Crippen molar-refractivity contribution in [2.75, 3.05) is 11.9 Å². The van der Waals surface area contributed by atoms with Gasteiger partial charge >= 0.3 is 0 Å². The molecule has 21 heavy (non-hydrogen) atoms. The maximum absolute atomic E-state index is 5.21. The lowest BCUT2D eigenvalue weighted by atomic mass is 10.2. The van der Waals surface area contributed by atoms with Gasteiger partial charge in [0.2, 0.25) is 11.8 Å². The highest BCUT2D eigenvalue weighted by Gasteiger charge is 2.09. The summed E-state index contributed by atoms with van der Waals surface area (Å²) in [6, 6.07) is 7.98. The minimum atomic E-state index is 0.302. The molecule has 3 aromatic rings. The van der Waals surface area contributed by atoms with Gasteiger partial charge in [-0.15, -0.1) is 0 Å². The van der Waals surface area contributed by atoms with Gasteiger partial charge in [0.05, 0.1) is 11.0 Å². The molecule has 0 aliphatic heterocycles. The van der Waals surface area contributed by atoms with Crippen LogP contribution >= 0.6 is 0 Å². The second kappa shape index (κ2) is 5.95. The van der Waals surface area contributed by atoms with Crippen LogP contribution in [0.2, 0.25) is 0 Å². The van der Waals surface area contributed by atoms with E-state index >= 15 is 0 Å². The van der Waals surface area contributed by atoms with Crippen molar-refractivity contribution in [3.8, 4) is 0 Å². The second-order valence-electron chi connectivity index (χ2n) is 5.33. The average Bonchev–Trinajstić information content (AvgIpc) is 3.10. The third kappa shape index (κ3) is 3.21. The Balaban J connectivity index is 1.49. The molecule has 0 spiro atoms. The number of anilines is 1. The van der Waals surface area contributed by atoms with E-state index in [0.717, 1.165) is 42.2 Å². The Morgan fingerprint density at radius 1 is 1.24 bits per heavy atom. The van der Waals surface area contributed by atoms with E-state index in [0.29, 0.717) is 11.8 Å². The SMILES string of the molecule is CC(C)c1noc(CCCNc2nc3ccccc3[nH]2)n1. The summed E-state index contributed by atoms with van der Waals surface area (Å²) < 4.78 is 5.21. The van der Waals surface area contributed by atoms with Crippen LogP contribution in [0.1, 0.15) is 37.9 Å². The lowest BCUT2D eigenvalue weighted by Gasteiger charge is -2.00. The van der Waals surface area contributed by atoms with E-state index < -0.39 is 0 Å². The number of para-hydroxylation sites is 2. The van der Waals surface area contributed by atoms with E-state index in [1.165, 1.54) is 0 Å². The zero-order valence-electron chi connectivity index (χ0n) is 12.3. The maximum Gasteiger partial charge on any atom is 0.226 e. The Bertz CT molecular complexity index is 683. The number of nitrogens with one attached hydrogen (secondary N) is 2. The summed E-state index contributed by atoms with van der Waals surface area (Å²) in [5, 5.41) is 7.23. The molecule has 0 aliphatic carbocycles. The third-order valence-electron chi connectivity index (χ3n) is 3.25. The number of H-pyrrole nitrogens is 1. The summed E-state index contributed by atoms with van der Waals surface area (Å²) in [5.74, 6) is 2.57. The molecule has 3 rings (SSSR count). The fraction of sp³-hybridized carbons (Fsp3) is 0.400. The molecule has 0 amide bonds. The van der Waals surface area contributed by atoms with Crippen molar-refractivity contribution >= 4 is 17.0 Å². The van der Waals surface area contributed by atoms with E-state index in [9.17, 15) is 0 Å². The summed E-state index contributed by atoms with van der Waals surface area (Å²) in [5.41, 5.74) is 2.01. The van der Waals surface area contributed by atoms with Gasteiger partial charge in [-0.05, 0) is 18.6 Å². The minimum Gasteiger partial charge on any atom is -0.356 e. The molecule has 1 aromatic carbocycles. The van der Waals surface area contributed by atoms with Gasteiger partial charge < -0.3 is 14.8 Å². The Morgan fingerprint density at radius 2 is 2.10 bits per heavy atom. The van der Waals surface area contributed by atoms with Crippen LogP contribution in [0, 0.1) is 0 Å².